The Morgan fingerprint density at radius 3 is 2.62 bits per heavy atom. The Balaban J connectivity index is 2.05. The lowest BCUT2D eigenvalue weighted by Gasteiger charge is -2.39. The molecule has 1 aliphatic rings. The molecule has 0 bridgehead atoms. The van der Waals surface area contributed by atoms with Gasteiger partial charge in [0.2, 0.25) is 5.95 Å². The number of nitrogens with one attached hydrogen (secondary N) is 1. The van der Waals surface area contributed by atoms with Crippen LogP contribution in [0.2, 0.25) is 0 Å². The van der Waals surface area contributed by atoms with E-state index >= 15 is 0 Å². The summed E-state index contributed by atoms with van der Waals surface area (Å²) in [7, 11) is 0. The first kappa shape index (κ1) is 11.2. The van der Waals surface area contributed by atoms with Crippen molar-refractivity contribution in [3.8, 4) is 0 Å². The molecule has 0 radical (unpaired) electrons. The van der Waals surface area contributed by atoms with Gasteiger partial charge in [-0.2, -0.15) is 0 Å². The summed E-state index contributed by atoms with van der Waals surface area (Å²) in [5.74, 6) is 0.689. The van der Waals surface area contributed by atoms with Crippen molar-refractivity contribution in [1.82, 2.24) is 9.97 Å². The smallest absolute Gasteiger partial charge is 0.222 e. The van der Waals surface area contributed by atoms with E-state index in [-0.39, 0.29) is 0 Å². The number of rotatable bonds is 2. The topological polar surface area (TPSA) is 63.8 Å². The first-order chi connectivity index (χ1) is 7.58. The maximum atomic E-state index is 5.56. The molecule has 1 atom stereocenters. The van der Waals surface area contributed by atoms with Gasteiger partial charge in [-0.1, -0.05) is 26.7 Å². The van der Waals surface area contributed by atoms with Gasteiger partial charge in [0.1, 0.15) is 0 Å². The number of hydrogen-bond donors (Lipinski definition) is 2. The van der Waals surface area contributed by atoms with Crippen molar-refractivity contribution in [2.45, 2.75) is 45.6 Å². The van der Waals surface area contributed by atoms with Gasteiger partial charge in [0.25, 0.3) is 0 Å². The molecular formula is C12H20N4. The molecule has 3 N–H and O–H groups in total. The highest BCUT2D eigenvalue weighted by Gasteiger charge is 2.32. The molecule has 2 rings (SSSR count). The fourth-order valence-electron chi connectivity index (χ4n) is 2.33. The average Bonchev–Trinajstić information content (AvgIpc) is 2.24. The van der Waals surface area contributed by atoms with Crippen molar-refractivity contribution in [3.63, 3.8) is 0 Å². The average molecular weight is 220 g/mol. The van der Waals surface area contributed by atoms with Crippen LogP contribution in [0.15, 0.2) is 12.4 Å². The summed E-state index contributed by atoms with van der Waals surface area (Å²) >= 11 is 0. The number of nitrogen functional groups attached to an aromatic ring is 1. The molecule has 1 saturated carbocycles. The van der Waals surface area contributed by atoms with E-state index in [1.54, 1.807) is 12.4 Å². The van der Waals surface area contributed by atoms with E-state index in [9.17, 15) is 0 Å². The normalized spacial score (nSPS) is 24.0. The molecule has 1 fully saturated rings. The molecule has 1 aromatic heterocycles. The molecule has 0 aliphatic heterocycles. The van der Waals surface area contributed by atoms with Gasteiger partial charge < -0.3 is 11.1 Å². The molecule has 4 nitrogen and oxygen atoms in total. The lowest BCUT2D eigenvalue weighted by molar-refractivity contribution is 0.216. The zero-order valence-corrected chi connectivity index (χ0v) is 10.0. The van der Waals surface area contributed by atoms with Crippen LogP contribution in [-0.2, 0) is 0 Å². The van der Waals surface area contributed by atoms with Crippen molar-refractivity contribution in [1.29, 1.82) is 0 Å². The van der Waals surface area contributed by atoms with Gasteiger partial charge >= 0.3 is 0 Å². The number of nitrogens with two attached hydrogens (primary N) is 1. The monoisotopic (exact) mass is 220 g/mol. The standard InChI is InChI=1S/C12H20N4/c1-12(2)6-4-3-5-10(12)16-11-14-7-9(13)8-15-11/h7-8,10H,3-6,13H2,1-2H3,(H,14,15,16). The summed E-state index contributed by atoms with van der Waals surface area (Å²) in [6.45, 7) is 4.61. The van der Waals surface area contributed by atoms with Crippen LogP contribution in [0.3, 0.4) is 0 Å². The number of nitrogens with zero attached hydrogens (tertiary/aromatic N) is 2. The third-order valence-corrected chi connectivity index (χ3v) is 3.48. The highest BCUT2D eigenvalue weighted by Crippen LogP contribution is 2.36. The lowest BCUT2D eigenvalue weighted by atomic mass is 9.73. The van der Waals surface area contributed by atoms with Gasteiger partial charge in [-0.3, -0.25) is 0 Å². The first-order valence-electron chi connectivity index (χ1n) is 5.92. The van der Waals surface area contributed by atoms with Crippen molar-refractivity contribution < 1.29 is 0 Å². The molecule has 1 aliphatic carbocycles. The molecule has 4 heteroatoms. The van der Waals surface area contributed by atoms with Crippen molar-refractivity contribution >= 4 is 11.6 Å². The molecule has 0 aromatic carbocycles. The van der Waals surface area contributed by atoms with Crippen LogP contribution in [0, 0.1) is 5.41 Å². The van der Waals surface area contributed by atoms with E-state index in [2.05, 4.69) is 29.1 Å². The largest absolute Gasteiger partial charge is 0.396 e. The predicted octanol–water partition coefficient (Wildman–Crippen LogP) is 2.44. The second kappa shape index (κ2) is 4.28. The van der Waals surface area contributed by atoms with E-state index in [1.165, 1.54) is 25.7 Å². The Labute approximate surface area is 96.7 Å². The zero-order valence-electron chi connectivity index (χ0n) is 10.0. The number of hydrogen-bond acceptors (Lipinski definition) is 4. The molecule has 0 spiro atoms. The van der Waals surface area contributed by atoms with Crippen LogP contribution in [-0.4, -0.2) is 16.0 Å². The molecule has 1 heterocycles. The maximum Gasteiger partial charge on any atom is 0.222 e. The van der Waals surface area contributed by atoms with E-state index in [1.807, 2.05) is 0 Å². The third kappa shape index (κ3) is 2.43. The fourth-order valence-corrected chi connectivity index (χ4v) is 2.33. The van der Waals surface area contributed by atoms with Gasteiger partial charge in [-0.25, -0.2) is 9.97 Å². The Morgan fingerprint density at radius 2 is 2.00 bits per heavy atom. The lowest BCUT2D eigenvalue weighted by Crippen LogP contribution is -2.39. The number of aromatic nitrogens is 2. The summed E-state index contributed by atoms with van der Waals surface area (Å²) in [6, 6.07) is 0.463. The number of anilines is 2. The molecule has 0 amide bonds. The van der Waals surface area contributed by atoms with Crippen molar-refractivity contribution in [2.75, 3.05) is 11.1 Å². The molecule has 88 valence electrons. The molecular weight excluding hydrogens is 200 g/mol. The molecule has 0 saturated heterocycles. The minimum atomic E-state index is 0.322. The van der Waals surface area contributed by atoms with Gasteiger partial charge in [-0.05, 0) is 18.3 Å². The first-order valence-corrected chi connectivity index (χ1v) is 5.92. The summed E-state index contributed by atoms with van der Waals surface area (Å²) in [5, 5.41) is 3.42. The maximum absolute atomic E-state index is 5.56. The van der Waals surface area contributed by atoms with Crippen LogP contribution in [0.4, 0.5) is 11.6 Å². The quantitative estimate of drug-likeness (QED) is 0.803. The summed E-state index contributed by atoms with van der Waals surface area (Å²) in [4.78, 5) is 8.38. The van der Waals surface area contributed by atoms with Gasteiger partial charge in [-0.15, -0.1) is 0 Å². The van der Waals surface area contributed by atoms with Crippen LogP contribution >= 0.6 is 0 Å². The molecule has 1 aromatic rings. The van der Waals surface area contributed by atoms with E-state index in [0.29, 0.717) is 23.1 Å². The Kier molecular flexibility index (Phi) is 2.99. The van der Waals surface area contributed by atoms with Crippen molar-refractivity contribution in [2.24, 2.45) is 5.41 Å². The van der Waals surface area contributed by atoms with Gasteiger partial charge in [0.05, 0.1) is 18.1 Å². The summed E-state index contributed by atoms with van der Waals surface area (Å²) < 4.78 is 0. The summed E-state index contributed by atoms with van der Waals surface area (Å²) in [5.41, 5.74) is 6.49. The predicted molar refractivity (Wildman–Crippen MR) is 66.1 cm³/mol. The van der Waals surface area contributed by atoms with Crippen LogP contribution in [0.5, 0.6) is 0 Å². The molecule has 1 unspecified atom stereocenters. The SMILES string of the molecule is CC1(C)CCCCC1Nc1ncc(N)cn1. The minimum absolute atomic E-state index is 0.322. The Morgan fingerprint density at radius 1 is 1.31 bits per heavy atom. The van der Waals surface area contributed by atoms with Crippen LogP contribution < -0.4 is 11.1 Å². The van der Waals surface area contributed by atoms with Gasteiger partial charge in [0, 0.05) is 6.04 Å². The fraction of sp³-hybridized carbons (Fsp3) is 0.667. The highest BCUT2D eigenvalue weighted by atomic mass is 15.1. The summed E-state index contributed by atoms with van der Waals surface area (Å²) in [6.07, 6.45) is 8.36. The van der Waals surface area contributed by atoms with Crippen LogP contribution in [0.25, 0.3) is 0 Å². The minimum Gasteiger partial charge on any atom is -0.396 e. The zero-order chi connectivity index (χ0) is 11.6. The van der Waals surface area contributed by atoms with E-state index in [0.717, 1.165) is 0 Å². The van der Waals surface area contributed by atoms with E-state index in [4.69, 9.17) is 5.73 Å². The van der Waals surface area contributed by atoms with E-state index < -0.39 is 0 Å². The van der Waals surface area contributed by atoms with Crippen molar-refractivity contribution in [3.05, 3.63) is 12.4 Å². The second-order valence-electron chi connectivity index (χ2n) is 5.27. The highest BCUT2D eigenvalue weighted by molar-refractivity contribution is 5.36. The van der Waals surface area contributed by atoms with Crippen LogP contribution in [0.1, 0.15) is 39.5 Å². The molecule has 16 heavy (non-hydrogen) atoms. The third-order valence-electron chi connectivity index (χ3n) is 3.48. The Bertz CT molecular complexity index is 345. The Hall–Kier alpha value is -1.32. The second-order valence-corrected chi connectivity index (χ2v) is 5.27. The van der Waals surface area contributed by atoms with Gasteiger partial charge in [0.15, 0.2) is 0 Å².